The van der Waals surface area contributed by atoms with Crippen molar-refractivity contribution >= 4 is 24.2 Å². The first kappa shape index (κ1) is 11.4. The fraction of sp³-hybridized carbons (Fsp3) is 0. The molecule has 0 bridgehead atoms. The van der Waals surface area contributed by atoms with Crippen LogP contribution in [0.2, 0.25) is 0 Å². The van der Waals surface area contributed by atoms with Crippen molar-refractivity contribution in [2.24, 2.45) is 0 Å². The third-order valence-electron chi connectivity index (χ3n) is 1.67. The Balaban J connectivity index is 2.98. The van der Waals surface area contributed by atoms with Gasteiger partial charge in [-0.3, -0.25) is 4.79 Å². The Morgan fingerprint density at radius 2 is 2.13 bits per heavy atom. The molecule has 0 aromatic heterocycles. The molecule has 0 saturated heterocycles. The van der Waals surface area contributed by atoms with Gasteiger partial charge < -0.3 is 15.4 Å². The first-order valence-corrected chi connectivity index (χ1v) is 4.13. The molecule has 0 aliphatic carbocycles. The summed E-state index contributed by atoms with van der Waals surface area (Å²) >= 11 is 0. The van der Waals surface area contributed by atoms with Crippen molar-refractivity contribution in [3.63, 3.8) is 0 Å². The van der Waals surface area contributed by atoms with Gasteiger partial charge in [0.1, 0.15) is 5.82 Å². The van der Waals surface area contributed by atoms with Crippen molar-refractivity contribution in [3.8, 4) is 0 Å². The summed E-state index contributed by atoms with van der Waals surface area (Å²) < 4.78 is 12.9. The van der Waals surface area contributed by atoms with Crippen LogP contribution in [-0.4, -0.2) is 23.1 Å². The van der Waals surface area contributed by atoms with Gasteiger partial charge in [-0.25, -0.2) is 4.39 Å². The van der Waals surface area contributed by atoms with Crippen LogP contribution in [0.15, 0.2) is 30.9 Å². The van der Waals surface area contributed by atoms with E-state index in [1.807, 2.05) is 0 Å². The molecule has 0 radical (unpaired) electrons. The molecule has 3 N–H and O–H groups in total. The van der Waals surface area contributed by atoms with Crippen molar-refractivity contribution in [3.05, 3.63) is 36.7 Å². The molecule has 0 fully saturated rings. The summed E-state index contributed by atoms with van der Waals surface area (Å²) in [5.41, 5.74) is 0.109. The summed E-state index contributed by atoms with van der Waals surface area (Å²) in [6.45, 7) is 3.23. The molecule has 0 spiro atoms. The van der Waals surface area contributed by atoms with Gasteiger partial charge in [-0.1, -0.05) is 6.58 Å². The minimum atomic E-state index is -1.78. The second-order valence-electron chi connectivity index (χ2n) is 2.84. The number of hydrogen-bond acceptors (Lipinski definition) is 3. The molecule has 4 nitrogen and oxygen atoms in total. The topological polar surface area (TPSA) is 69.6 Å². The number of anilines is 1. The third kappa shape index (κ3) is 3.19. The molecule has 78 valence electrons. The molecule has 15 heavy (non-hydrogen) atoms. The molecule has 0 heterocycles. The number of halogens is 1. The molecule has 1 amide bonds. The number of carbonyl (C=O) groups is 1. The van der Waals surface area contributed by atoms with E-state index < -0.39 is 18.8 Å². The summed E-state index contributed by atoms with van der Waals surface area (Å²) in [4.78, 5) is 10.9. The lowest BCUT2D eigenvalue weighted by molar-refractivity contribution is -0.111. The predicted octanol–water partition coefficient (Wildman–Crippen LogP) is -0.370. The maximum absolute atomic E-state index is 12.9. The normalized spacial score (nSPS) is 9.53. The van der Waals surface area contributed by atoms with Gasteiger partial charge in [-0.05, 0) is 29.7 Å². The van der Waals surface area contributed by atoms with E-state index in [-0.39, 0.29) is 11.2 Å². The molecule has 0 saturated carbocycles. The lowest BCUT2D eigenvalue weighted by atomic mass is 9.80. The van der Waals surface area contributed by atoms with Crippen LogP contribution >= 0.6 is 0 Å². The number of rotatable bonds is 3. The third-order valence-corrected chi connectivity index (χ3v) is 1.67. The van der Waals surface area contributed by atoms with Crippen LogP contribution < -0.4 is 10.8 Å². The fourth-order valence-corrected chi connectivity index (χ4v) is 1.03. The van der Waals surface area contributed by atoms with Gasteiger partial charge in [-0.15, -0.1) is 0 Å². The standard InChI is InChI=1S/C9H9BFNO3/c1-2-9(13)12-8-4-6(10(14)15)3-7(11)5-8/h2-5,14-15H,1H2,(H,12,13). The second-order valence-corrected chi connectivity index (χ2v) is 2.84. The van der Waals surface area contributed by atoms with Crippen molar-refractivity contribution in [2.45, 2.75) is 0 Å². The van der Waals surface area contributed by atoms with Crippen molar-refractivity contribution < 1.29 is 19.2 Å². The Labute approximate surface area is 86.2 Å². The van der Waals surface area contributed by atoms with E-state index in [0.29, 0.717) is 0 Å². The van der Waals surface area contributed by atoms with Crippen LogP contribution in [0.3, 0.4) is 0 Å². The smallest absolute Gasteiger partial charge is 0.423 e. The van der Waals surface area contributed by atoms with Gasteiger partial charge in [0, 0.05) is 5.69 Å². The van der Waals surface area contributed by atoms with Crippen molar-refractivity contribution in [1.82, 2.24) is 0 Å². The van der Waals surface area contributed by atoms with Crippen LogP contribution in [0.1, 0.15) is 0 Å². The number of carbonyl (C=O) groups excluding carboxylic acids is 1. The molecule has 0 unspecified atom stereocenters. The van der Waals surface area contributed by atoms with E-state index >= 15 is 0 Å². The monoisotopic (exact) mass is 209 g/mol. The van der Waals surface area contributed by atoms with Gasteiger partial charge in [-0.2, -0.15) is 0 Å². The average Bonchev–Trinajstić information content (AvgIpc) is 2.16. The van der Waals surface area contributed by atoms with E-state index in [2.05, 4.69) is 11.9 Å². The van der Waals surface area contributed by atoms with Crippen LogP contribution in [-0.2, 0) is 4.79 Å². The first-order chi connectivity index (χ1) is 7.02. The van der Waals surface area contributed by atoms with Crippen molar-refractivity contribution in [1.29, 1.82) is 0 Å². The summed E-state index contributed by atoms with van der Waals surface area (Å²) in [7, 11) is -1.78. The minimum Gasteiger partial charge on any atom is -0.423 e. The second kappa shape index (κ2) is 4.72. The molecule has 1 aromatic rings. The lowest BCUT2D eigenvalue weighted by Gasteiger charge is -2.05. The maximum Gasteiger partial charge on any atom is 0.488 e. The molecule has 6 heteroatoms. The van der Waals surface area contributed by atoms with E-state index in [1.54, 1.807) is 0 Å². The molecule has 1 rings (SSSR count). The van der Waals surface area contributed by atoms with E-state index in [9.17, 15) is 9.18 Å². The van der Waals surface area contributed by atoms with Crippen molar-refractivity contribution in [2.75, 3.05) is 5.32 Å². The number of amides is 1. The average molecular weight is 209 g/mol. The summed E-state index contributed by atoms with van der Waals surface area (Å²) in [6.07, 6.45) is 1.03. The highest BCUT2D eigenvalue weighted by Gasteiger charge is 2.13. The van der Waals surface area contributed by atoms with E-state index in [0.717, 1.165) is 18.2 Å². The first-order valence-electron chi connectivity index (χ1n) is 4.13. The Hall–Kier alpha value is -1.66. The molecular weight excluding hydrogens is 200 g/mol. The molecule has 1 aromatic carbocycles. The maximum atomic E-state index is 12.9. The van der Waals surface area contributed by atoms with Crippen LogP contribution in [0.5, 0.6) is 0 Å². The van der Waals surface area contributed by atoms with Gasteiger partial charge in [0.15, 0.2) is 0 Å². The molecule has 0 aliphatic rings. The summed E-state index contributed by atoms with van der Waals surface area (Å²) in [5.74, 6) is -1.17. The zero-order chi connectivity index (χ0) is 11.4. The fourth-order valence-electron chi connectivity index (χ4n) is 1.03. The number of hydrogen-bond donors (Lipinski definition) is 3. The number of nitrogens with one attached hydrogen (secondary N) is 1. The zero-order valence-electron chi connectivity index (χ0n) is 7.77. The molecule has 0 aliphatic heterocycles. The lowest BCUT2D eigenvalue weighted by Crippen LogP contribution is -2.30. The molecular formula is C9H9BFNO3. The Morgan fingerprint density at radius 1 is 1.47 bits per heavy atom. The zero-order valence-corrected chi connectivity index (χ0v) is 7.77. The van der Waals surface area contributed by atoms with Crippen LogP contribution in [0, 0.1) is 5.82 Å². The Kier molecular flexibility index (Phi) is 3.59. The SMILES string of the molecule is C=CC(=O)Nc1cc(F)cc(B(O)O)c1. The Bertz CT molecular complexity index is 395. The quantitative estimate of drug-likeness (QED) is 0.469. The van der Waals surface area contributed by atoms with E-state index in [1.165, 1.54) is 6.07 Å². The van der Waals surface area contributed by atoms with Gasteiger partial charge >= 0.3 is 7.12 Å². The van der Waals surface area contributed by atoms with Crippen LogP contribution in [0.25, 0.3) is 0 Å². The highest BCUT2D eigenvalue weighted by atomic mass is 19.1. The minimum absolute atomic E-state index is 0.0330. The van der Waals surface area contributed by atoms with Gasteiger partial charge in [0.2, 0.25) is 5.91 Å². The van der Waals surface area contributed by atoms with Gasteiger partial charge in [0.25, 0.3) is 0 Å². The van der Waals surface area contributed by atoms with Gasteiger partial charge in [0.05, 0.1) is 0 Å². The highest BCUT2D eigenvalue weighted by Crippen LogP contribution is 2.08. The predicted molar refractivity (Wildman–Crippen MR) is 55.1 cm³/mol. The summed E-state index contributed by atoms with van der Waals surface area (Å²) in [5, 5.41) is 19.9. The Morgan fingerprint density at radius 3 is 2.67 bits per heavy atom. The van der Waals surface area contributed by atoms with Crippen LogP contribution in [0.4, 0.5) is 10.1 Å². The summed E-state index contributed by atoms with van der Waals surface area (Å²) in [6, 6.07) is 3.29. The molecule has 0 atom stereocenters. The van der Waals surface area contributed by atoms with E-state index in [4.69, 9.17) is 10.0 Å². The largest absolute Gasteiger partial charge is 0.488 e. The highest BCUT2D eigenvalue weighted by molar-refractivity contribution is 6.58. The number of benzene rings is 1.